The minimum atomic E-state index is -0.548. The lowest BCUT2D eigenvalue weighted by molar-refractivity contribution is -0.133. The minimum absolute atomic E-state index is 0.0241. The molecule has 1 fully saturated rings. The number of carbonyl (C=O) groups is 2. The Bertz CT molecular complexity index is 597. The summed E-state index contributed by atoms with van der Waals surface area (Å²) in [5.74, 6) is 0.830. The first-order valence-corrected chi connectivity index (χ1v) is 9.06. The van der Waals surface area contributed by atoms with Gasteiger partial charge in [0.1, 0.15) is 6.04 Å². The van der Waals surface area contributed by atoms with Crippen LogP contribution >= 0.6 is 0 Å². The van der Waals surface area contributed by atoms with Crippen molar-refractivity contribution < 1.29 is 19.1 Å². The molecule has 0 aliphatic carbocycles. The van der Waals surface area contributed by atoms with Gasteiger partial charge in [-0.2, -0.15) is 0 Å². The molecule has 1 aromatic rings. The fourth-order valence-electron chi connectivity index (χ4n) is 2.92. The zero-order chi connectivity index (χ0) is 18.2. The Hall–Kier alpha value is -2.24. The highest BCUT2D eigenvalue weighted by Crippen LogP contribution is 2.28. The van der Waals surface area contributed by atoms with Crippen molar-refractivity contribution in [2.24, 2.45) is 0 Å². The molecule has 1 aliphatic rings. The molecule has 1 saturated heterocycles. The van der Waals surface area contributed by atoms with E-state index in [1.54, 1.807) is 25.1 Å². The monoisotopic (exact) mass is 348 g/mol. The maximum atomic E-state index is 12.5. The number of amides is 2. The van der Waals surface area contributed by atoms with Gasteiger partial charge in [-0.1, -0.05) is 0 Å². The molecule has 1 aromatic carbocycles. The van der Waals surface area contributed by atoms with Crippen molar-refractivity contribution in [3.63, 3.8) is 0 Å². The summed E-state index contributed by atoms with van der Waals surface area (Å²) in [4.78, 5) is 26.8. The number of nitrogens with one attached hydrogen (secondary N) is 1. The van der Waals surface area contributed by atoms with Gasteiger partial charge in [0.25, 0.3) is 5.91 Å². The molecule has 1 heterocycles. The minimum Gasteiger partial charge on any atom is -0.490 e. The molecule has 0 saturated carbocycles. The third-order valence-electron chi connectivity index (χ3n) is 4.19. The molecule has 6 heteroatoms. The molecular formula is C19H28N2O4. The van der Waals surface area contributed by atoms with E-state index in [9.17, 15) is 9.59 Å². The predicted molar refractivity (Wildman–Crippen MR) is 96.1 cm³/mol. The molecule has 6 nitrogen and oxygen atoms in total. The van der Waals surface area contributed by atoms with Crippen molar-refractivity contribution in [2.75, 3.05) is 26.3 Å². The summed E-state index contributed by atoms with van der Waals surface area (Å²) >= 11 is 0. The van der Waals surface area contributed by atoms with E-state index in [1.165, 1.54) is 0 Å². The quantitative estimate of drug-likeness (QED) is 0.822. The second-order valence-corrected chi connectivity index (χ2v) is 6.11. The van der Waals surface area contributed by atoms with Crippen molar-refractivity contribution in [2.45, 2.75) is 46.1 Å². The standard InChI is InChI=1S/C19H28N2O4/c1-4-24-16-10-9-15(13-17(16)25-5-2)18(22)20-14(3)19(23)21-11-7-6-8-12-21/h9-10,13-14H,4-8,11-12H2,1-3H3,(H,20,22). The van der Waals surface area contributed by atoms with Gasteiger partial charge in [0.2, 0.25) is 5.91 Å². The Morgan fingerprint density at radius 1 is 1.08 bits per heavy atom. The van der Waals surface area contributed by atoms with Crippen LogP contribution in [0.15, 0.2) is 18.2 Å². The molecule has 0 radical (unpaired) electrons. The van der Waals surface area contributed by atoms with Gasteiger partial charge < -0.3 is 19.7 Å². The third kappa shape index (κ3) is 5.11. The smallest absolute Gasteiger partial charge is 0.252 e. The summed E-state index contributed by atoms with van der Waals surface area (Å²) in [6.07, 6.45) is 3.23. The zero-order valence-corrected chi connectivity index (χ0v) is 15.3. The summed E-state index contributed by atoms with van der Waals surface area (Å²) in [7, 11) is 0. The van der Waals surface area contributed by atoms with Crippen LogP contribution in [0.1, 0.15) is 50.4 Å². The highest BCUT2D eigenvalue weighted by atomic mass is 16.5. The maximum absolute atomic E-state index is 12.5. The fourth-order valence-corrected chi connectivity index (χ4v) is 2.92. The van der Waals surface area contributed by atoms with Crippen molar-refractivity contribution in [1.82, 2.24) is 10.2 Å². The van der Waals surface area contributed by atoms with Gasteiger partial charge in [-0.05, 0) is 58.2 Å². The van der Waals surface area contributed by atoms with Crippen LogP contribution in [-0.2, 0) is 4.79 Å². The second kappa shape index (κ2) is 9.30. The molecule has 1 atom stereocenters. The van der Waals surface area contributed by atoms with Crippen LogP contribution in [0, 0.1) is 0 Å². The number of hydrogen-bond acceptors (Lipinski definition) is 4. The number of nitrogens with zero attached hydrogens (tertiary/aromatic N) is 1. The van der Waals surface area contributed by atoms with E-state index in [2.05, 4.69) is 5.32 Å². The summed E-state index contributed by atoms with van der Waals surface area (Å²) in [5, 5.41) is 2.79. The average molecular weight is 348 g/mol. The molecule has 138 valence electrons. The van der Waals surface area contributed by atoms with E-state index >= 15 is 0 Å². The van der Waals surface area contributed by atoms with Gasteiger partial charge in [0.05, 0.1) is 13.2 Å². The Morgan fingerprint density at radius 3 is 2.36 bits per heavy atom. The highest BCUT2D eigenvalue weighted by Gasteiger charge is 2.24. The molecule has 1 aliphatic heterocycles. The van der Waals surface area contributed by atoms with Gasteiger partial charge in [0, 0.05) is 18.7 Å². The normalized spacial score (nSPS) is 15.4. The maximum Gasteiger partial charge on any atom is 0.252 e. The largest absolute Gasteiger partial charge is 0.490 e. The lowest BCUT2D eigenvalue weighted by atomic mass is 10.1. The van der Waals surface area contributed by atoms with Crippen LogP contribution in [0.3, 0.4) is 0 Å². The number of piperidine rings is 1. The van der Waals surface area contributed by atoms with Crippen LogP contribution in [0.2, 0.25) is 0 Å². The van der Waals surface area contributed by atoms with Crippen molar-refractivity contribution in [1.29, 1.82) is 0 Å². The van der Waals surface area contributed by atoms with Gasteiger partial charge in [0.15, 0.2) is 11.5 Å². The summed E-state index contributed by atoms with van der Waals surface area (Å²) in [6, 6.07) is 4.51. The molecular weight excluding hydrogens is 320 g/mol. The van der Waals surface area contributed by atoms with E-state index in [-0.39, 0.29) is 11.8 Å². The van der Waals surface area contributed by atoms with E-state index < -0.39 is 6.04 Å². The molecule has 0 aromatic heterocycles. The highest BCUT2D eigenvalue weighted by molar-refractivity contribution is 5.98. The molecule has 1 N–H and O–H groups in total. The number of rotatable bonds is 7. The summed E-state index contributed by atoms with van der Waals surface area (Å²) < 4.78 is 11.1. The number of likely N-dealkylation sites (tertiary alicyclic amines) is 1. The van der Waals surface area contributed by atoms with Crippen LogP contribution < -0.4 is 14.8 Å². The van der Waals surface area contributed by atoms with E-state index in [0.717, 1.165) is 32.4 Å². The molecule has 0 bridgehead atoms. The SMILES string of the molecule is CCOc1ccc(C(=O)NC(C)C(=O)N2CCCCC2)cc1OCC. The average Bonchev–Trinajstić information content (AvgIpc) is 2.63. The van der Waals surface area contributed by atoms with Crippen molar-refractivity contribution >= 4 is 11.8 Å². The lowest BCUT2D eigenvalue weighted by Crippen LogP contribution is -2.48. The van der Waals surface area contributed by atoms with Crippen LogP contribution in [0.25, 0.3) is 0 Å². The number of ether oxygens (including phenoxy) is 2. The van der Waals surface area contributed by atoms with Crippen LogP contribution in [0.5, 0.6) is 11.5 Å². The van der Waals surface area contributed by atoms with Crippen molar-refractivity contribution in [3.05, 3.63) is 23.8 Å². The summed E-state index contributed by atoms with van der Waals surface area (Å²) in [5.41, 5.74) is 0.449. The molecule has 25 heavy (non-hydrogen) atoms. The third-order valence-corrected chi connectivity index (χ3v) is 4.19. The number of benzene rings is 1. The van der Waals surface area contributed by atoms with Crippen molar-refractivity contribution in [3.8, 4) is 11.5 Å². The van der Waals surface area contributed by atoms with Gasteiger partial charge >= 0.3 is 0 Å². The van der Waals surface area contributed by atoms with Crippen LogP contribution in [-0.4, -0.2) is 49.1 Å². The lowest BCUT2D eigenvalue weighted by Gasteiger charge is -2.29. The molecule has 0 spiro atoms. The van der Waals surface area contributed by atoms with Gasteiger partial charge in [-0.15, -0.1) is 0 Å². The first kappa shape index (κ1) is 19.1. The fraction of sp³-hybridized carbons (Fsp3) is 0.579. The molecule has 2 rings (SSSR count). The predicted octanol–water partition coefficient (Wildman–Crippen LogP) is 2.61. The molecule has 1 unspecified atom stereocenters. The topological polar surface area (TPSA) is 67.9 Å². The second-order valence-electron chi connectivity index (χ2n) is 6.11. The van der Waals surface area contributed by atoms with Gasteiger partial charge in [-0.25, -0.2) is 0 Å². The summed E-state index contributed by atoms with van der Waals surface area (Å²) in [6.45, 7) is 8.05. The van der Waals surface area contributed by atoms with Gasteiger partial charge in [-0.3, -0.25) is 9.59 Å². The first-order chi connectivity index (χ1) is 12.1. The Kier molecular flexibility index (Phi) is 7.10. The Labute approximate surface area is 149 Å². The Morgan fingerprint density at radius 2 is 1.72 bits per heavy atom. The molecule has 2 amide bonds. The first-order valence-electron chi connectivity index (χ1n) is 9.06. The van der Waals surface area contributed by atoms with Crippen LogP contribution in [0.4, 0.5) is 0 Å². The Balaban J connectivity index is 2.03. The number of carbonyl (C=O) groups excluding carboxylic acids is 2. The van der Waals surface area contributed by atoms with E-state index in [0.29, 0.717) is 30.3 Å². The van der Waals surface area contributed by atoms with E-state index in [1.807, 2.05) is 18.7 Å². The number of hydrogen-bond donors (Lipinski definition) is 1. The zero-order valence-electron chi connectivity index (χ0n) is 15.3. The van der Waals surface area contributed by atoms with E-state index in [4.69, 9.17) is 9.47 Å².